The topological polar surface area (TPSA) is 107 Å². The summed E-state index contributed by atoms with van der Waals surface area (Å²) in [6, 6.07) is 16.5. The minimum absolute atomic E-state index is 0.174. The van der Waals surface area contributed by atoms with Gasteiger partial charge in [-0.15, -0.1) is 0 Å². The van der Waals surface area contributed by atoms with E-state index in [1.165, 1.54) is 0 Å². The molecule has 0 aliphatic carbocycles. The summed E-state index contributed by atoms with van der Waals surface area (Å²) in [5, 5.41) is 2.93. The van der Waals surface area contributed by atoms with Crippen LogP contribution in [-0.4, -0.2) is 47.4 Å². The number of methoxy groups -OCH3 is 1. The zero-order chi connectivity index (χ0) is 25.1. The number of aryl methyl sites for hydroxylation is 1. The highest BCUT2D eigenvalue weighted by atomic mass is 16.5. The Morgan fingerprint density at radius 1 is 0.971 bits per heavy atom. The van der Waals surface area contributed by atoms with E-state index in [2.05, 4.69) is 5.32 Å². The van der Waals surface area contributed by atoms with E-state index in [9.17, 15) is 14.4 Å². The predicted molar refractivity (Wildman–Crippen MR) is 134 cm³/mol. The first-order valence-electron chi connectivity index (χ1n) is 11.6. The van der Waals surface area contributed by atoms with Gasteiger partial charge in [0.2, 0.25) is 5.91 Å². The Morgan fingerprint density at radius 2 is 1.63 bits per heavy atom. The minimum atomic E-state index is -0.322. The van der Waals surface area contributed by atoms with Crippen LogP contribution in [0.2, 0.25) is 0 Å². The number of nitrogens with zero attached hydrogens (tertiary/aromatic N) is 2. The molecule has 3 amide bonds. The van der Waals surface area contributed by atoms with Crippen LogP contribution in [0.4, 0.5) is 5.69 Å². The summed E-state index contributed by atoms with van der Waals surface area (Å²) >= 11 is 0. The van der Waals surface area contributed by atoms with Gasteiger partial charge in [-0.3, -0.25) is 14.4 Å². The number of benzene rings is 2. The average Bonchev–Trinajstić information content (AvgIpc) is 3.17. The molecule has 0 saturated carbocycles. The van der Waals surface area contributed by atoms with Crippen molar-refractivity contribution in [1.82, 2.24) is 9.47 Å². The van der Waals surface area contributed by atoms with Crippen LogP contribution in [-0.2, 0) is 4.79 Å². The van der Waals surface area contributed by atoms with Gasteiger partial charge < -0.3 is 25.3 Å². The molecule has 8 heteroatoms. The molecule has 0 bridgehead atoms. The number of ether oxygens (including phenoxy) is 1. The maximum atomic E-state index is 13.3. The zero-order valence-electron chi connectivity index (χ0n) is 20.2. The van der Waals surface area contributed by atoms with Crippen molar-refractivity contribution in [3.8, 4) is 11.4 Å². The summed E-state index contributed by atoms with van der Waals surface area (Å²) < 4.78 is 7.25. The van der Waals surface area contributed by atoms with Crippen molar-refractivity contribution in [1.29, 1.82) is 0 Å². The molecule has 0 atom stereocenters. The average molecular weight is 475 g/mol. The number of amides is 3. The molecule has 3 aromatic rings. The Balaban J connectivity index is 1.54. The lowest BCUT2D eigenvalue weighted by molar-refractivity contribution is -0.123. The molecular formula is C27H30N4O4. The zero-order valence-corrected chi connectivity index (χ0v) is 20.2. The lowest BCUT2D eigenvalue weighted by atomic mass is 9.95. The number of carbonyl (C=O) groups is 3. The van der Waals surface area contributed by atoms with Gasteiger partial charge in [0, 0.05) is 36.1 Å². The number of para-hydroxylation sites is 1. The molecule has 4 rings (SSSR count). The lowest BCUT2D eigenvalue weighted by Gasteiger charge is -2.31. The summed E-state index contributed by atoms with van der Waals surface area (Å²) in [6.07, 6.45) is 1.10. The fourth-order valence-corrected chi connectivity index (χ4v) is 4.63. The molecular weight excluding hydrogens is 444 g/mol. The molecule has 0 spiro atoms. The Kier molecular flexibility index (Phi) is 6.91. The van der Waals surface area contributed by atoms with Gasteiger partial charge in [-0.1, -0.05) is 12.1 Å². The molecule has 0 radical (unpaired) electrons. The van der Waals surface area contributed by atoms with Gasteiger partial charge >= 0.3 is 0 Å². The molecule has 8 nitrogen and oxygen atoms in total. The summed E-state index contributed by atoms with van der Waals surface area (Å²) in [5.41, 5.74) is 9.45. The number of piperidine rings is 1. The molecule has 182 valence electrons. The van der Waals surface area contributed by atoms with E-state index < -0.39 is 0 Å². The number of nitrogens with one attached hydrogen (secondary N) is 1. The Labute approximate surface area is 204 Å². The quantitative estimate of drug-likeness (QED) is 0.568. The molecule has 1 fully saturated rings. The lowest BCUT2D eigenvalue weighted by Crippen LogP contribution is -2.42. The Hall–Kier alpha value is -4.07. The summed E-state index contributed by atoms with van der Waals surface area (Å²) in [4.78, 5) is 39.7. The van der Waals surface area contributed by atoms with Crippen LogP contribution in [0.25, 0.3) is 5.69 Å². The van der Waals surface area contributed by atoms with Crippen molar-refractivity contribution in [2.75, 3.05) is 25.5 Å². The first kappa shape index (κ1) is 24.1. The predicted octanol–water partition coefficient (Wildman–Crippen LogP) is 3.69. The first-order valence-corrected chi connectivity index (χ1v) is 11.6. The number of hydrogen-bond acceptors (Lipinski definition) is 4. The van der Waals surface area contributed by atoms with Gasteiger partial charge in [-0.2, -0.15) is 0 Å². The summed E-state index contributed by atoms with van der Waals surface area (Å²) in [6.45, 7) is 4.75. The second-order valence-corrected chi connectivity index (χ2v) is 8.79. The molecule has 1 aromatic heterocycles. The molecule has 1 aliphatic rings. The van der Waals surface area contributed by atoms with Crippen molar-refractivity contribution in [3.63, 3.8) is 0 Å². The van der Waals surface area contributed by atoms with Crippen LogP contribution in [0, 0.1) is 19.8 Å². The van der Waals surface area contributed by atoms with Crippen molar-refractivity contribution < 1.29 is 19.1 Å². The van der Waals surface area contributed by atoms with Gasteiger partial charge in [0.1, 0.15) is 5.75 Å². The third kappa shape index (κ3) is 4.91. The number of aromatic nitrogens is 1. The number of nitrogens with two attached hydrogens (primary N) is 1. The number of anilines is 1. The summed E-state index contributed by atoms with van der Waals surface area (Å²) in [5.74, 6) is -0.223. The van der Waals surface area contributed by atoms with Gasteiger partial charge in [-0.25, -0.2) is 0 Å². The van der Waals surface area contributed by atoms with Gasteiger partial charge in [0.05, 0.1) is 23.9 Å². The number of likely N-dealkylation sites (tertiary alicyclic amines) is 1. The largest absolute Gasteiger partial charge is 0.497 e. The molecule has 35 heavy (non-hydrogen) atoms. The van der Waals surface area contributed by atoms with Crippen molar-refractivity contribution in [2.45, 2.75) is 26.7 Å². The Morgan fingerprint density at radius 3 is 2.26 bits per heavy atom. The van der Waals surface area contributed by atoms with E-state index in [4.69, 9.17) is 10.5 Å². The maximum absolute atomic E-state index is 13.3. The Bertz CT molecular complexity index is 1250. The number of hydrogen-bond donors (Lipinski definition) is 2. The van der Waals surface area contributed by atoms with Crippen LogP contribution in [0.15, 0.2) is 54.6 Å². The van der Waals surface area contributed by atoms with E-state index in [0.29, 0.717) is 42.7 Å². The maximum Gasteiger partial charge on any atom is 0.257 e. The smallest absolute Gasteiger partial charge is 0.257 e. The SMILES string of the molecule is COc1ccc(-n2c(C)cc(C(=O)Nc3ccccc3C(=O)N3CCC(C(N)=O)CC3)c2C)cc1. The van der Waals surface area contributed by atoms with E-state index in [1.54, 1.807) is 36.3 Å². The highest BCUT2D eigenvalue weighted by Gasteiger charge is 2.28. The normalized spacial score (nSPS) is 14.0. The van der Waals surface area contributed by atoms with Gasteiger partial charge in [0.25, 0.3) is 11.8 Å². The number of carbonyl (C=O) groups excluding carboxylic acids is 3. The third-order valence-corrected chi connectivity index (χ3v) is 6.60. The monoisotopic (exact) mass is 474 g/mol. The minimum Gasteiger partial charge on any atom is -0.497 e. The fourth-order valence-electron chi connectivity index (χ4n) is 4.63. The molecule has 1 aliphatic heterocycles. The van der Waals surface area contributed by atoms with E-state index in [1.807, 2.05) is 48.7 Å². The van der Waals surface area contributed by atoms with Crippen LogP contribution in [0.3, 0.4) is 0 Å². The molecule has 1 saturated heterocycles. The number of rotatable bonds is 6. The molecule has 3 N–H and O–H groups in total. The summed E-state index contributed by atoms with van der Waals surface area (Å²) in [7, 11) is 1.62. The van der Waals surface area contributed by atoms with E-state index >= 15 is 0 Å². The van der Waals surface area contributed by atoms with Gasteiger partial charge in [-0.05, 0) is 69.2 Å². The second kappa shape index (κ2) is 10.0. The van der Waals surface area contributed by atoms with Crippen molar-refractivity contribution in [2.24, 2.45) is 11.7 Å². The standard InChI is InChI=1S/C27H30N4O4/c1-17-16-23(18(2)31(17)20-8-10-21(35-3)11-9-20)26(33)29-24-7-5-4-6-22(24)27(34)30-14-12-19(13-15-30)25(28)32/h4-11,16,19H,12-15H2,1-3H3,(H2,28,32)(H,29,33). The first-order chi connectivity index (χ1) is 16.8. The molecule has 2 heterocycles. The van der Waals surface area contributed by atoms with Crippen LogP contribution in [0.5, 0.6) is 5.75 Å². The highest BCUT2D eigenvalue weighted by molar-refractivity contribution is 6.09. The van der Waals surface area contributed by atoms with Crippen LogP contribution >= 0.6 is 0 Å². The van der Waals surface area contributed by atoms with Gasteiger partial charge in [0.15, 0.2) is 0 Å². The third-order valence-electron chi connectivity index (χ3n) is 6.60. The fraction of sp³-hybridized carbons (Fsp3) is 0.296. The molecule has 2 aromatic carbocycles. The van der Waals surface area contributed by atoms with E-state index in [-0.39, 0.29) is 23.6 Å². The van der Waals surface area contributed by atoms with Crippen molar-refractivity contribution in [3.05, 3.63) is 77.1 Å². The van der Waals surface area contributed by atoms with Crippen molar-refractivity contribution >= 4 is 23.4 Å². The van der Waals surface area contributed by atoms with E-state index in [0.717, 1.165) is 22.8 Å². The molecule has 0 unspecified atom stereocenters. The second-order valence-electron chi connectivity index (χ2n) is 8.79. The van der Waals surface area contributed by atoms with Crippen LogP contribution < -0.4 is 15.8 Å². The highest BCUT2D eigenvalue weighted by Crippen LogP contribution is 2.26. The van der Waals surface area contributed by atoms with Crippen LogP contribution in [0.1, 0.15) is 44.9 Å². The number of primary amides is 1.